The SMILES string of the molecule is CCN(CCO)Cc1cc2cc(F)ccc2s1. The molecule has 2 nitrogen and oxygen atoms in total. The molecule has 0 bridgehead atoms. The summed E-state index contributed by atoms with van der Waals surface area (Å²) in [4.78, 5) is 3.38. The Morgan fingerprint density at radius 2 is 2.18 bits per heavy atom. The lowest BCUT2D eigenvalue weighted by Crippen LogP contribution is -2.25. The summed E-state index contributed by atoms with van der Waals surface area (Å²) in [6, 6.07) is 6.91. The first-order valence-corrected chi connectivity index (χ1v) is 6.55. The molecule has 2 aromatic rings. The fraction of sp³-hybridized carbons (Fsp3) is 0.385. The summed E-state index contributed by atoms with van der Waals surface area (Å²) in [6.45, 7) is 4.65. The lowest BCUT2D eigenvalue weighted by Gasteiger charge is -2.17. The molecular formula is C13H16FNOS. The molecule has 0 amide bonds. The number of fused-ring (bicyclic) bond motifs is 1. The second kappa shape index (κ2) is 5.58. The molecule has 1 aromatic carbocycles. The molecule has 0 radical (unpaired) electrons. The first-order valence-electron chi connectivity index (χ1n) is 5.74. The molecule has 0 saturated carbocycles. The van der Waals surface area contributed by atoms with Crippen LogP contribution in [0.5, 0.6) is 0 Å². The van der Waals surface area contributed by atoms with E-state index in [1.807, 2.05) is 12.1 Å². The zero-order valence-electron chi connectivity index (χ0n) is 9.82. The van der Waals surface area contributed by atoms with E-state index in [0.29, 0.717) is 6.54 Å². The molecule has 0 atom stereocenters. The number of nitrogens with zero attached hydrogens (tertiary/aromatic N) is 1. The maximum Gasteiger partial charge on any atom is 0.123 e. The Labute approximate surface area is 104 Å². The number of aliphatic hydroxyl groups is 1. The number of aliphatic hydroxyl groups excluding tert-OH is 1. The molecule has 17 heavy (non-hydrogen) atoms. The van der Waals surface area contributed by atoms with Gasteiger partial charge in [0.05, 0.1) is 6.61 Å². The van der Waals surface area contributed by atoms with Gasteiger partial charge in [-0.25, -0.2) is 4.39 Å². The summed E-state index contributed by atoms with van der Waals surface area (Å²) in [5.74, 6) is -0.190. The summed E-state index contributed by atoms with van der Waals surface area (Å²) < 4.78 is 14.2. The van der Waals surface area contributed by atoms with Crippen molar-refractivity contribution in [2.75, 3.05) is 19.7 Å². The molecule has 2 rings (SSSR count). The van der Waals surface area contributed by atoms with Crippen molar-refractivity contribution >= 4 is 21.4 Å². The van der Waals surface area contributed by atoms with Crippen LogP contribution in [0.1, 0.15) is 11.8 Å². The first kappa shape index (κ1) is 12.5. The van der Waals surface area contributed by atoms with Gasteiger partial charge in [0.1, 0.15) is 5.82 Å². The average molecular weight is 253 g/mol. The third-order valence-corrected chi connectivity index (χ3v) is 3.87. The van der Waals surface area contributed by atoms with Gasteiger partial charge in [-0.15, -0.1) is 11.3 Å². The fourth-order valence-electron chi connectivity index (χ4n) is 1.86. The number of hydrogen-bond acceptors (Lipinski definition) is 3. The van der Waals surface area contributed by atoms with Gasteiger partial charge in [0, 0.05) is 22.7 Å². The van der Waals surface area contributed by atoms with Crippen LogP contribution in [0, 0.1) is 5.82 Å². The molecule has 0 saturated heterocycles. The van der Waals surface area contributed by atoms with Crippen LogP contribution in [0.25, 0.3) is 10.1 Å². The highest BCUT2D eigenvalue weighted by atomic mass is 32.1. The normalized spacial score (nSPS) is 11.5. The Morgan fingerprint density at radius 1 is 1.35 bits per heavy atom. The molecule has 4 heteroatoms. The molecular weight excluding hydrogens is 237 g/mol. The molecule has 1 N–H and O–H groups in total. The van der Waals surface area contributed by atoms with Crippen molar-refractivity contribution in [1.82, 2.24) is 4.90 Å². The van der Waals surface area contributed by atoms with Crippen LogP contribution in [0.3, 0.4) is 0 Å². The largest absolute Gasteiger partial charge is 0.395 e. The van der Waals surface area contributed by atoms with Gasteiger partial charge in [-0.3, -0.25) is 4.90 Å². The van der Waals surface area contributed by atoms with E-state index >= 15 is 0 Å². The van der Waals surface area contributed by atoms with Crippen molar-refractivity contribution in [1.29, 1.82) is 0 Å². The lowest BCUT2D eigenvalue weighted by molar-refractivity contribution is 0.198. The van der Waals surface area contributed by atoms with E-state index in [9.17, 15) is 4.39 Å². The Morgan fingerprint density at radius 3 is 2.88 bits per heavy atom. The third-order valence-electron chi connectivity index (χ3n) is 2.77. The molecule has 0 spiro atoms. The second-order valence-electron chi connectivity index (χ2n) is 3.99. The smallest absolute Gasteiger partial charge is 0.123 e. The van der Waals surface area contributed by atoms with Crippen molar-refractivity contribution in [3.8, 4) is 0 Å². The quantitative estimate of drug-likeness (QED) is 0.885. The number of rotatable bonds is 5. The Balaban J connectivity index is 2.18. The van der Waals surface area contributed by atoms with Gasteiger partial charge in [-0.05, 0) is 36.2 Å². The number of likely N-dealkylation sites (N-methyl/N-ethyl adjacent to an activating group) is 1. The molecule has 0 aliphatic rings. The molecule has 0 aliphatic heterocycles. The predicted octanol–water partition coefficient (Wildman–Crippen LogP) is 2.85. The van der Waals surface area contributed by atoms with Crippen LogP contribution in [-0.4, -0.2) is 29.7 Å². The summed E-state index contributed by atoms with van der Waals surface area (Å²) in [5.41, 5.74) is 0. The van der Waals surface area contributed by atoms with Gasteiger partial charge >= 0.3 is 0 Å². The van der Waals surface area contributed by atoms with Crippen molar-refractivity contribution in [3.63, 3.8) is 0 Å². The van der Waals surface area contributed by atoms with Gasteiger partial charge in [-0.1, -0.05) is 6.92 Å². The molecule has 0 unspecified atom stereocenters. The Hall–Kier alpha value is -0.970. The standard InChI is InChI=1S/C13H16FNOS/c1-2-15(5-6-16)9-12-8-10-7-11(14)3-4-13(10)17-12/h3-4,7-8,16H,2,5-6,9H2,1H3. The van der Waals surface area contributed by atoms with E-state index in [1.54, 1.807) is 17.4 Å². The van der Waals surface area contributed by atoms with Gasteiger partial charge < -0.3 is 5.11 Å². The first-order chi connectivity index (χ1) is 8.22. The maximum atomic E-state index is 13.1. The minimum atomic E-state index is -0.190. The van der Waals surface area contributed by atoms with Crippen LogP contribution in [0.15, 0.2) is 24.3 Å². The van der Waals surface area contributed by atoms with Crippen molar-refractivity contribution in [2.45, 2.75) is 13.5 Å². The van der Waals surface area contributed by atoms with Gasteiger partial charge in [0.25, 0.3) is 0 Å². The number of hydrogen-bond donors (Lipinski definition) is 1. The van der Waals surface area contributed by atoms with E-state index in [2.05, 4.69) is 11.8 Å². The predicted molar refractivity (Wildman–Crippen MR) is 69.8 cm³/mol. The van der Waals surface area contributed by atoms with Crippen molar-refractivity contribution in [3.05, 3.63) is 35.0 Å². The van der Waals surface area contributed by atoms with Crippen LogP contribution in [0.2, 0.25) is 0 Å². The van der Waals surface area contributed by atoms with Crippen molar-refractivity contribution < 1.29 is 9.50 Å². The molecule has 92 valence electrons. The van der Waals surface area contributed by atoms with Gasteiger partial charge in [-0.2, -0.15) is 0 Å². The van der Waals surface area contributed by atoms with E-state index in [0.717, 1.165) is 23.2 Å². The van der Waals surface area contributed by atoms with Crippen molar-refractivity contribution in [2.24, 2.45) is 0 Å². The molecule has 1 aromatic heterocycles. The fourth-order valence-corrected chi connectivity index (χ4v) is 2.95. The highest BCUT2D eigenvalue weighted by molar-refractivity contribution is 7.19. The minimum absolute atomic E-state index is 0.174. The maximum absolute atomic E-state index is 13.1. The summed E-state index contributed by atoms with van der Waals surface area (Å²) in [7, 11) is 0. The zero-order chi connectivity index (χ0) is 12.3. The van der Waals surface area contributed by atoms with Gasteiger partial charge in [0.2, 0.25) is 0 Å². The van der Waals surface area contributed by atoms with E-state index < -0.39 is 0 Å². The zero-order valence-corrected chi connectivity index (χ0v) is 10.6. The summed E-state index contributed by atoms with van der Waals surface area (Å²) >= 11 is 1.69. The molecule has 0 fully saturated rings. The number of halogens is 1. The summed E-state index contributed by atoms with van der Waals surface area (Å²) in [6.07, 6.45) is 0. The highest BCUT2D eigenvalue weighted by Gasteiger charge is 2.07. The van der Waals surface area contributed by atoms with E-state index in [-0.39, 0.29) is 12.4 Å². The van der Waals surface area contributed by atoms with Crippen LogP contribution < -0.4 is 0 Å². The number of benzene rings is 1. The van der Waals surface area contributed by atoms with E-state index in [1.165, 1.54) is 10.9 Å². The van der Waals surface area contributed by atoms with Crippen LogP contribution in [0.4, 0.5) is 4.39 Å². The molecule has 1 heterocycles. The van der Waals surface area contributed by atoms with Crippen LogP contribution >= 0.6 is 11.3 Å². The Kier molecular flexibility index (Phi) is 4.10. The average Bonchev–Trinajstić information content (AvgIpc) is 2.69. The molecule has 0 aliphatic carbocycles. The minimum Gasteiger partial charge on any atom is -0.395 e. The highest BCUT2D eigenvalue weighted by Crippen LogP contribution is 2.27. The van der Waals surface area contributed by atoms with E-state index in [4.69, 9.17) is 5.11 Å². The third kappa shape index (κ3) is 3.03. The van der Waals surface area contributed by atoms with Gasteiger partial charge in [0.15, 0.2) is 0 Å². The van der Waals surface area contributed by atoms with Crippen LogP contribution in [-0.2, 0) is 6.54 Å². The summed E-state index contributed by atoms with van der Waals surface area (Å²) in [5, 5.41) is 9.90. The second-order valence-corrected chi connectivity index (χ2v) is 5.16. The lowest BCUT2D eigenvalue weighted by atomic mass is 10.2. The Bertz CT molecular complexity index is 497. The monoisotopic (exact) mass is 253 g/mol. The number of thiophene rings is 1. The topological polar surface area (TPSA) is 23.5 Å².